The minimum atomic E-state index is -4.61. The van der Waals surface area contributed by atoms with E-state index in [1.165, 1.54) is 34.4 Å². The van der Waals surface area contributed by atoms with Gasteiger partial charge in [-0.1, -0.05) is 55.5 Å². The number of rotatable bonds is 5. The van der Waals surface area contributed by atoms with Gasteiger partial charge in [-0.3, -0.25) is 13.9 Å². The Labute approximate surface area is 181 Å². The van der Waals surface area contributed by atoms with Crippen molar-refractivity contribution in [1.29, 1.82) is 0 Å². The fourth-order valence-corrected chi connectivity index (χ4v) is 3.84. The van der Waals surface area contributed by atoms with Crippen molar-refractivity contribution in [3.63, 3.8) is 0 Å². The summed E-state index contributed by atoms with van der Waals surface area (Å²) in [5.41, 5.74) is -1.20. The number of benzene rings is 2. The minimum Gasteiger partial charge on any atom is -0.314 e. The number of hydrogen-bond acceptors (Lipinski definition) is 3. The number of imidazole rings is 1. The number of aromatic nitrogens is 4. The third-order valence-electron chi connectivity index (χ3n) is 5.34. The molecule has 0 aliphatic rings. The van der Waals surface area contributed by atoms with E-state index in [1.54, 1.807) is 0 Å². The molecule has 0 aliphatic carbocycles. The van der Waals surface area contributed by atoms with E-state index in [0.717, 1.165) is 16.2 Å². The predicted molar refractivity (Wildman–Crippen MR) is 116 cm³/mol. The van der Waals surface area contributed by atoms with Gasteiger partial charge in [0.1, 0.15) is 5.82 Å². The zero-order valence-corrected chi connectivity index (χ0v) is 17.6. The number of aryl methyl sites for hydroxylation is 1. The Morgan fingerprint density at radius 3 is 2.25 bits per heavy atom. The van der Waals surface area contributed by atoms with Gasteiger partial charge in [0.15, 0.2) is 11.2 Å². The molecular formula is C23H21F3N4O2. The van der Waals surface area contributed by atoms with Crippen molar-refractivity contribution in [2.45, 2.75) is 32.6 Å². The van der Waals surface area contributed by atoms with Gasteiger partial charge in [0.2, 0.25) is 0 Å². The summed E-state index contributed by atoms with van der Waals surface area (Å²) in [6.45, 7) is 2.16. The van der Waals surface area contributed by atoms with Crippen molar-refractivity contribution < 1.29 is 13.2 Å². The molecule has 166 valence electrons. The molecule has 0 aliphatic heterocycles. The first-order valence-electron chi connectivity index (χ1n) is 10.1. The molecule has 4 aromatic rings. The summed E-state index contributed by atoms with van der Waals surface area (Å²) < 4.78 is 45.1. The molecule has 0 N–H and O–H groups in total. The molecule has 0 amide bonds. The van der Waals surface area contributed by atoms with Crippen LogP contribution in [0, 0.1) is 0 Å². The van der Waals surface area contributed by atoms with Crippen LogP contribution in [0.15, 0.2) is 64.2 Å². The van der Waals surface area contributed by atoms with Crippen molar-refractivity contribution >= 4 is 11.2 Å². The van der Waals surface area contributed by atoms with Crippen molar-refractivity contribution in [2.24, 2.45) is 7.05 Å². The molecule has 9 heteroatoms. The Bertz CT molecular complexity index is 1400. The van der Waals surface area contributed by atoms with Gasteiger partial charge < -0.3 is 4.57 Å². The smallest absolute Gasteiger partial charge is 0.314 e. The van der Waals surface area contributed by atoms with E-state index in [0.29, 0.717) is 6.42 Å². The largest absolute Gasteiger partial charge is 0.417 e. The first kappa shape index (κ1) is 21.6. The molecule has 32 heavy (non-hydrogen) atoms. The summed E-state index contributed by atoms with van der Waals surface area (Å²) in [7, 11) is 1.47. The molecule has 2 aromatic heterocycles. The molecule has 6 nitrogen and oxygen atoms in total. The van der Waals surface area contributed by atoms with E-state index in [2.05, 4.69) is 4.98 Å². The normalized spacial score (nSPS) is 11.9. The first-order chi connectivity index (χ1) is 15.2. The van der Waals surface area contributed by atoms with E-state index in [1.807, 2.05) is 37.3 Å². The van der Waals surface area contributed by atoms with Crippen LogP contribution in [-0.4, -0.2) is 18.7 Å². The molecule has 0 fully saturated rings. The van der Waals surface area contributed by atoms with E-state index in [9.17, 15) is 22.8 Å². The van der Waals surface area contributed by atoms with Gasteiger partial charge in [-0.05, 0) is 18.1 Å². The van der Waals surface area contributed by atoms with Crippen LogP contribution in [0.2, 0.25) is 0 Å². The van der Waals surface area contributed by atoms with Crippen LogP contribution in [0.25, 0.3) is 22.6 Å². The topological polar surface area (TPSA) is 61.8 Å². The molecule has 4 rings (SSSR count). The molecule has 0 atom stereocenters. The second-order valence-electron chi connectivity index (χ2n) is 7.52. The van der Waals surface area contributed by atoms with Gasteiger partial charge in [0, 0.05) is 25.7 Å². The summed E-state index contributed by atoms with van der Waals surface area (Å²) in [5, 5.41) is 0. The molecule has 2 heterocycles. The first-order valence-corrected chi connectivity index (χ1v) is 10.1. The van der Waals surface area contributed by atoms with Crippen LogP contribution in [0.4, 0.5) is 13.2 Å². The highest BCUT2D eigenvalue weighted by Gasteiger charge is 2.35. The van der Waals surface area contributed by atoms with E-state index >= 15 is 0 Å². The highest BCUT2D eigenvalue weighted by atomic mass is 19.4. The molecule has 0 bridgehead atoms. The van der Waals surface area contributed by atoms with Crippen molar-refractivity contribution in [3.05, 3.63) is 86.6 Å². The number of fused-ring (bicyclic) bond motifs is 1. The van der Waals surface area contributed by atoms with Gasteiger partial charge in [0.05, 0.1) is 5.56 Å². The molecule has 0 unspecified atom stereocenters. The van der Waals surface area contributed by atoms with Gasteiger partial charge in [-0.2, -0.15) is 13.2 Å². The number of nitrogens with zero attached hydrogens (tertiary/aromatic N) is 4. The monoisotopic (exact) mass is 442 g/mol. The highest BCUT2D eigenvalue weighted by molar-refractivity contribution is 5.78. The van der Waals surface area contributed by atoms with Crippen LogP contribution in [0.3, 0.4) is 0 Å². The summed E-state index contributed by atoms with van der Waals surface area (Å²) in [5.74, 6) is -0.0156. The number of hydrogen-bond donors (Lipinski definition) is 0. The molecule has 0 spiro atoms. The van der Waals surface area contributed by atoms with Gasteiger partial charge in [-0.15, -0.1) is 0 Å². The maximum Gasteiger partial charge on any atom is 0.417 e. The van der Waals surface area contributed by atoms with Crippen LogP contribution in [0.5, 0.6) is 0 Å². The number of alkyl halides is 3. The van der Waals surface area contributed by atoms with Crippen molar-refractivity contribution in [2.75, 3.05) is 0 Å². The maximum atomic E-state index is 13.8. The van der Waals surface area contributed by atoms with Gasteiger partial charge >= 0.3 is 11.9 Å². The third kappa shape index (κ3) is 3.63. The van der Waals surface area contributed by atoms with Crippen LogP contribution >= 0.6 is 0 Å². The maximum absolute atomic E-state index is 13.8. The number of halogens is 3. The molecule has 0 radical (unpaired) electrons. The summed E-state index contributed by atoms with van der Waals surface area (Å²) in [6.07, 6.45) is -4.06. The lowest BCUT2D eigenvalue weighted by molar-refractivity contribution is -0.137. The van der Waals surface area contributed by atoms with Crippen LogP contribution in [0.1, 0.15) is 24.5 Å². The van der Waals surface area contributed by atoms with Crippen molar-refractivity contribution in [1.82, 2.24) is 18.7 Å². The lowest BCUT2D eigenvalue weighted by Crippen LogP contribution is -2.39. The fourth-order valence-electron chi connectivity index (χ4n) is 3.84. The SMILES string of the molecule is CCCn1c(=O)c2c(nc(-c3ccccc3C(F)(F)F)n2Cc2ccccc2)n(C)c1=O. The van der Waals surface area contributed by atoms with Gasteiger partial charge in [0.25, 0.3) is 5.56 Å². The minimum absolute atomic E-state index is 0.0156. The summed E-state index contributed by atoms with van der Waals surface area (Å²) >= 11 is 0. The predicted octanol–water partition coefficient (Wildman–Crippen LogP) is 4.04. The average Bonchev–Trinajstić information content (AvgIpc) is 3.14. The van der Waals surface area contributed by atoms with E-state index < -0.39 is 23.0 Å². The summed E-state index contributed by atoms with van der Waals surface area (Å²) in [4.78, 5) is 30.4. The third-order valence-corrected chi connectivity index (χ3v) is 5.34. The van der Waals surface area contributed by atoms with Crippen LogP contribution < -0.4 is 11.2 Å². The zero-order chi connectivity index (χ0) is 23.0. The quantitative estimate of drug-likeness (QED) is 0.469. The van der Waals surface area contributed by atoms with E-state index in [4.69, 9.17) is 0 Å². The Hall–Kier alpha value is -3.62. The zero-order valence-electron chi connectivity index (χ0n) is 17.6. The van der Waals surface area contributed by atoms with E-state index in [-0.39, 0.29) is 35.6 Å². The molecular weight excluding hydrogens is 421 g/mol. The molecule has 0 saturated carbocycles. The lowest BCUT2D eigenvalue weighted by atomic mass is 10.1. The second-order valence-corrected chi connectivity index (χ2v) is 7.52. The Morgan fingerprint density at radius 2 is 1.59 bits per heavy atom. The van der Waals surface area contributed by atoms with Gasteiger partial charge in [-0.25, -0.2) is 9.78 Å². The Balaban J connectivity index is 2.12. The summed E-state index contributed by atoms with van der Waals surface area (Å²) in [6, 6.07) is 14.2. The molecule has 0 saturated heterocycles. The fraction of sp³-hybridized carbons (Fsp3) is 0.261. The van der Waals surface area contributed by atoms with Crippen molar-refractivity contribution in [3.8, 4) is 11.4 Å². The lowest BCUT2D eigenvalue weighted by Gasteiger charge is -2.14. The Morgan fingerprint density at radius 1 is 0.938 bits per heavy atom. The highest BCUT2D eigenvalue weighted by Crippen LogP contribution is 2.37. The standard InChI is InChI=1S/C23H21F3N4O2/c1-3-13-29-21(31)18-20(28(2)22(29)32)27-19(30(18)14-15-9-5-4-6-10-15)16-11-7-8-12-17(16)23(24,25)26/h4-12H,3,13-14H2,1-2H3. The Kier molecular flexibility index (Phi) is 5.50. The molecule has 2 aromatic carbocycles. The second kappa shape index (κ2) is 8.14. The van der Waals surface area contributed by atoms with Crippen LogP contribution in [-0.2, 0) is 26.3 Å². The average molecular weight is 442 g/mol.